The van der Waals surface area contributed by atoms with Gasteiger partial charge in [-0.05, 0) is 18.9 Å². The molecular weight excluding hydrogens is 282 g/mol. The lowest BCUT2D eigenvalue weighted by Crippen LogP contribution is -2.43. The molecule has 0 saturated heterocycles. The number of benzene rings is 1. The van der Waals surface area contributed by atoms with Gasteiger partial charge in [0, 0.05) is 6.61 Å². The summed E-state index contributed by atoms with van der Waals surface area (Å²) in [7, 11) is -3.67. The van der Waals surface area contributed by atoms with Gasteiger partial charge in [0.25, 0.3) is 0 Å². The second-order valence-electron chi connectivity index (χ2n) is 4.21. The Hall–Kier alpha value is -1.44. The van der Waals surface area contributed by atoms with Crippen molar-refractivity contribution in [1.82, 2.24) is 4.72 Å². The van der Waals surface area contributed by atoms with Gasteiger partial charge in [-0.25, -0.2) is 13.1 Å². The van der Waals surface area contributed by atoms with Crippen molar-refractivity contribution in [3.8, 4) is 0 Å². The Morgan fingerprint density at radius 3 is 2.55 bits per heavy atom. The molecule has 112 valence electrons. The summed E-state index contributed by atoms with van der Waals surface area (Å²) in [6, 6.07) is 7.69. The van der Waals surface area contributed by atoms with Crippen molar-refractivity contribution in [3.05, 3.63) is 35.9 Å². The summed E-state index contributed by atoms with van der Waals surface area (Å²) >= 11 is 0. The summed E-state index contributed by atoms with van der Waals surface area (Å²) in [5.41, 5.74) is 0.757. The molecule has 0 aliphatic rings. The minimum atomic E-state index is -3.67. The number of ether oxygens (including phenoxy) is 1. The van der Waals surface area contributed by atoms with Crippen molar-refractivity contribution in [3.63, 3.8) is 0 Å². The topological polar surface area (TPSA) is 92.7 Å². The Balaban J connectivity index is 2.65. The normalized spacial score (nSPS) is 13.1. The van der Waals surface area contributed by atoms with Gasteiger partial charge in [-0.1, -0.05) is 30.3 Å². The van der Waals surface area contributed by atoms with E-state index in [9.17, 15) is 13.2 Å². The maximum atomic E-state index is 11.8. The van der Waals surface area contributed by atoms with Gasteiger partial charge in [0.15, 0.2) is 0 Å². The second-order valence-corrected chi connectivity index (χ2v) is 6.09. The molecule has 0 heterocycles. The van der Waals surface area contributed by atoms with E-state index in [2.05, 4.69) is 4.72 Å². The number of hydrogen-bond acceptors (Lipinski definition) is 4. The third-order valence-corrected chi connectivity index (χ3v) is 3.95. The highest BCUT2D eigenvalue weighted by Gasteiger charge is 2.24. The zero-order valence-electron chi connectivity index (χ0n) is 11.3. The molecule has 1 aromatic rings. The average Bonchev–Trinajstić information content (AvgIpc) is 2.39. The van der Waals surface area contributed by atoms with Crippen molar-refractivity contribution in [2.24, 2.45) is 0 Å². The third kappa shape index (κ3) is 6.14. The molecule has 0 bridgehead atoms. The van der Waals surface area contributed by atoms with E-state index >= 15 is 0 Å². The largest absolute Gasteiger partial charge is 0.480 e. The lowest BCUT2D eigenvalue weighted by atomic mass is 10.1. The fourth-order valence-corrected chi connectivity index (χ4v) is 2.69. The van der Waals surface area contributed by atoms with Gasteiger partial charge in [-0.3, -0.25) is 4.79 Å². The van der Waals surface area contributed by atoms with Crippen LogP contribution in [-0.2, 0) is 26.0 Å². The Kier molecular flexibility index (Phi) is 6.63. The standard InChI is InChI=1S/C13H19NO5S/c1-2-19-8-9-20(17,18)14-12(13(15)16)10-11-6-4-3-5-7-11/h3-7,12,14H,2,8-10H2,1H3,(H,15,16)/t12-/m0/s1. The van der Waals surface area contributed by atoms with Crippen LogP contribution < -0.4 is 4.72 Å². The van der Waals surface area contributed by atoms with Gasteiger partial charge in [0.2, 0.25) is 10.0 Å². The number of carboxylic acids is 1. The van der Waals surface area contributed by atoms with E-state index in [0.717, 1.165) is 5.56 Å². The van der Waals surface area contributed by atoms with Crippen molar-refractivity contribution >= 4 is 16.0 Å². The summed E-state index contributed by atoms with van der Waals surface area (Å²) in [6.45, 7) is 2.22. The number of hydrogen-bond donors (Lipinski definition) is 2. The smallest absolute Gasteiger partial charge is 0.322 e. The Labute approximate surface area is 118 Å². The van der Waals surface area contributed by atoms with Gasteiger partial charge in [0.1, 0.15) is 6.04 Å². The molecule has 2 N–H and O–H groups in total. The first-order chi connectivity index (χ1) is 9.44. The highest BCUT2D eigenvalue weighted by Crippen LogP contribution is 2.05. The first kappa shape index (κ1) is 16.6. The molecule has 1 aromatic carbocycles. The number of aliphatic carboxylic acids is 1. The van der Waals surface area contributed by atoms with Crippen LogP contribution in [0.4, 0.5) is 0 Å². The number of carbonyl (C=O) groups is 1. The molecular formula is C13H19NO5S. The summed E-state index contributed by atoms with van der Waals surface area (Å²) in [5.74, 6) is -1.45. The van der Waals surface area contributed by atoms with Crippen LogP contribution in [0.25, 0.3) is 0 Å². The summed E-state index contributed by atoms with van der Waals surface area (Å²) in [5, 5.41) is 9.11. The number of carboxylic acid groups (broad SMARTS) is 1. The molecule has 6 nitrogen and oxygen atoms in total. The SMILES string of the molecule is CCOCCS(=O)(=O)N[C@@H](Cc1ccccc1)C(=O)O. The zero-order valence-corrected chi connectivity index (χ0v) is 12.1. The van der Waals surface area contributed by atoms with Crippen molar-refractivity contribution in [1.29, 1.82) is 0 Å². The molecule has 1 rings (SSSR count). The summed E-state index contributed by atoms with van der Waals surface area (Å²) in [4.78, 5) is 11.2. The van der Waals surface area contributed by atoms with Gasteiger partial charge in [-0.2, -0.15) is 0 Å². The number of sulfonamides is 1. The van der Waals surface area contributed by atoms with E-state index in [0.29, 0.717) is 6.61 Å². The lowest BCUT2D eigenvalue weighted by Gasteiger charge is -2.14. The van der Waals surface area contributed by atoms with Crippen LogP contribution >= 0.6 is 0 Å². The third-order valence-electron chi connectivity index (χ3n) is 2.60. The molecule has 1 atom stereocenters. The second kappa shape index (κ2) is 7.98. The molecule has 0 radical (unpaired) electrons. The maximum absolute atomic E-state index is 11.8. The fourth-order valence-electron chi connectivity index (χ4n) is 1.62. The Morgan fingerprint density at radius 2 is 2.00 bits per heavy atom. The van der Waals surface area contributed by atoms with Crippen molar-refractivity contribution < 1.29 is 23.1 Å². The maximum Gasteiger partial charge on any atom is 0.322 e. The predicted octanol–water partition coefficient (Wildman–Crippen LogP) is 0.638. The van der Waals surface area contributed by atoms with Crippen LogP contribution in [0.2, 0.25) is 0 Å². The lowest BCUT2D eigenvalue weighted by molar-refractivity contribution is -0.138. The van der Waals surface area contributed by atoms with Crippen LogP contribution in [0.15, 0.2) is 30.3 Å². The molecule has 0 fully saturated rings. The minimum Gasteiger partial charge on any atom is -0.480 e. The van der Waals surface area contributed by atoms with E-state index < -0.39 is 22.0 Å². The molecule has 0 spiro atoms. The van der Waals surface area contributed by atoms with Gasteiger partial charge in [-0.15, -0.1) is 0 Å². The quantitative estimate of drug-likeness (QED) is 0.653. The first-order valence-corrected chi connectivity index (χ1v) is 7.94. The van der Waals surface area contributed by atoms with E-state index in [1.807, 2.05) is 6.07 Å². The van der Waals surface area contributed by atoms with Crippen LogP contribution in [0.3, 0.4) is 0 Å². The van der Waals surface area contributed by atoms with Gasteiger partial charge in [0.05, 0.1) is 12.4 Å². The molecule has 7 heteroatoms. The highest BCUT2D eigenvalue weighted by molar-refractivity contribution is 7.89. The monoisotopic (exact) mass is 301 g/mol. The van der Waals surface area contributed by atoms with E-state index in [-0.39, 0.29) is 18.8 Å². The molecule has 0 aliphatic heterocycles. The first-order valence-electron chi connectivity index (χ1n) is 6.29. The van der Waals surface area contributed by atoms with E-state index in [1.165, 1.54) is 0 Å². The molecule has 0 saturated carbocycles. The van der Waals surface area contributed by atoms with Gasteiger partial charge < -0.3 is 9.84 Å². The average molecular weight is 301 g/mol. The van der Waals surface area contributed by atoms with Crippen LogP contribution in [0.5, 0.6) is 0 Å². The van der Waals surface area contributed by atoms with Crippen molar-refractivity contribution in [2.45, 2.75) is 19.4 Å². The highest BCUT2D eigenvalue weighted by atomic mass is 32.2. The Bertz CT molecular complexity index is 515. The predicted molar refractivity (Wildman–Crippen MR) is 75.0 cm³/mol. The molecule has 0 unspecified atom stereocenters. The molecule has 20 heavy (non-hydrogen) atoms. The fraction of sp³-hybridized carbons (Fsp3) is 0.462. The van der Waals surface area contributed by atoms with Crippen LogP contribution in [-0.4, -0.2) is 44.5 Å². The van der Waals surface area contributed by atoms with Crippen LogP contribution in [0.1, 0.15) is 12.5 Å². The molecule has 0 amide bonds. The zero-order chi connectivity index (χ0) is 15.0. The van der Waals surface area contributed by atoms with Crippen LogP contribution in [0, 0.1) is 0 Å². The van der Waals surface area contributed by atoms with E-state index in [1.54, 1.807) is 31.2 Å². The minimum absolute atomic E-state index is 0.0451. The molecule has 0 aliphatic carbocycles. The van der Waals surface area contributed by atoms with E-state index in [4.69, 9.17) is 9.84 Å². The van der Waals surface area contributed by atoms with Crippen molar-refractivity contribution in [2.75, 3.05) is 19.0 Å². The number of nitrogens with one attached hydrogen (secondary N) is 1. The Morgan fingerprint density at radius 1 is 1.35 bits per heavy atom. The summed E-state index contributed by atoms with van der Waals surface area (Å²) in [6.07, 6.45) is 0.101. The van der Waals surface area contributed by atoms with Gasteiger partial charge >= 0.3 is 5.97 Å². The number of rotatable bonds is 9. The molecule has 0 aromatic heterocycles. The summed E-state index contributed by atoms with van der Waals surface area (Å²) < 4.78 is 30.7.